The summed E-state index contributed by atoms with van der Waals surface area (Å²) in [6.07, 6.45) is -17.8. The lowest BCUT2D eigenvalue weighted by Crippen LogP contribution is -2.64. The summed E-state index contributed by atoms with van der Waals surface area (Å²) in [5, 5.41) is 83.1. The van der Waals surface area contributed by atoms with Crippen molar-refractivity contribution >= 4 is 12.0 Å². The molecule has 0 saturated carbocycles. The monoisotopic (exact) mass is 708 g/mol. The summed E-state index contributed by atoms with van der Waals surface area (Å²) in [5.41, 5.74) is 1.55. The fourth-order valence-electron chi connectivity index (χ4n) is 5.74. The van der Waals surface area contributed by atoms with Crippen molar-refractivity contribution in [1.29, 1.82) is 0 Å². The molecule has 3 fully saturated rings. The van der Waals surface area contributed by atoms with Crippen LogP contribution in [0.25, 0.3) is 6.08 Å². The van der Waals surface area contributed by atoms with Crippen LogP contribution in [0.15, 0.2) is 60.7 Å². The maximum absolute atomic E-state index is 12.8. The van der Waals surface area contributed by atoms with Gasteiger partial charge in [0, 0.05) is 6.08 Å². The van der Waals surface area contributed by atoms with Gasteiger partial charge >= 0.3 is 5.97 Å². The van der Waals surface area contributed by atoms with Crippen molar-refractivity contribution < 1.29 is 78.8 Å². The first-order valence-electron chi connectivity index (χ1n) is 16.2. The number of carbonyl (C=O) groups is 1. The average molecular weight is 709 g/mol. The van der Waals surface area contributed by atoms with Crippen LogP contribution in [0.1, 0.15) is 18.1 Å². The molecule has 2 aromatic rings. The van der Waals surface area contributed by atoms with E-state index in [1.165, 1.54) is 31.2 Å². The van der Waals surface area contributed by atoms with Crippen molar-refractivity contribution in [2.45, 2.75) is 99.4 Å². The lowest BCUT2D eigenvalue weighted by molar-refractivity contribution is -0.354. The van der Waals surface area contributed by atoms with Crippen molar-refractivity contribution in [3.05, 3.63) is 71.8 Å². The molecule has 8 N–H and O–H groups in total. The first-order chi connectivity index (χ1) is 23.9. The van der Waals surface area contributed by atoms with Crippen LogP contribution in [0, 0.1) is 0 Å². The Balaban J connectivity index is 1.24. The second-order valence-corrected chi connectivity index (χ2v) is 12.3. The van der Waals surface area contributed by atoms with Gasteiger partial charge in [-0.25, -0.2) is 4.79 Å². The highest BCUT2D eigenvalue weighted by molar-refractivity contribution is 5.87. The molecular formula is C34H44O16. The quantitative estimate of drug-likeness (QED) is 0.0908. The van der Waals surface area contributed by atoms with Crippen molar-refractivity contribution in [3.8, 4) is 5.75 Å². The van der Waals surface area contributed by atoms with E-state index in [0.29, 0.717) is 6.42 Å². The van der Waals surface area contributed by atoms with Gasteiger partial charge < -0.3 is 74.0 Å². The van der Waals surface area contributed by atoms with E-state index in [-0.39, 0.29) is 12.4 Å². The average Bonchev–Trinajstić information content (AvgIpc) is 3.11. The fourth-order valence-corrected chi connectivity index (χ4v) is 5.74. The third-order valence-electron chi connectivity index (χ3n) is 8.66. The first-order valence-corrected chi connectivity index (χ1v) is 16.2. The summed E-state index contributed by atoms with van der Waals surface area (Å²) >= 11 is 0. The van der Waals surface area contributed by atoms with Gasteiger partial charge in [-0.15, -0.1) is 0 Å². The Hall–Kier alpha value is -3.07. The number of phenolic OH excluding ortho intramolecular Hbond substituents is 1. The van der Waals surface area contributed by atoms with Crippen LogP contribution < -0.4 is 0 Å². The molecule has 3 heterocycles. The van der Waals surface area contributed by atoms with E-state index >= 15 is 0 Å². The van der Waals surface area contributed by atoms with Crippen molar-refractivity contribution in [2.24, 2.45) is 0 Å². The second-order valence-electron chi connectivity index (χ2n) is 12.3. The second kappa shape index (κ2) is 17.4. The molecule has 0 aliphatic carbocycles. The Morgan fingerprint density at radius 2 is 1.46 bits per heavy atom. The molecule has 3 aliphatic rings. The SMILES string of the molecule is C[C@@H]1O[C@@H](OC[C@H]2O[C@@H](OCCc3ccc(O)cc3)[C@H](O)[C@@H](O)[C@@H]2O)[C@H](O)[C@H](O[C@@H]2OC[C@@H](O)[C@H](O)[C@H]2O)[C@H]1OC(=O)/C=C/c1ccccc1. The third-order valence-corrected chi connectivity index (χ3v) is 8.66. The number of aromatic hydroxyl groups is 1. The number of benzene rings is 2. The summed E-state index contributed by atoms with van der Waals surface area (Å²) in [6.45, 7) is 0.691. The van der Waals surface area contributed by atoms with Gasteiger partial charge in [-0.1, -0.05) is 42.5 Å². The summed E-state index contributed by atoms with van der Waals surface area (Å²) < 4.78 is 39.8. The van der Waals surface area contributed by atoms with Crippen molar-refractivity contribution in [2.75, 3.05) is 19.8 Å². The first kappa shape index (κ1) is 38.2. The molecule has 3 saturated heterocycles. The Morgan fingerprint density at radius 1 is 0.780 bits per heavy atom. The number of phenols is 1. The van der Waals surface area contributed by atoms with Crippen LogP contribution in [0.3, 0.4) is 0 Å². The number of hydrogen-bond acceptors (Lipinski definition) is 16. The van der Waals surface area contributed by atoms with Crippen LogP contribution >= 0.6 is 0 Å². The van der Waals surface area contributed by atoms with Crippen molar-refractivity contribution in [3.63, 3.8) is 0 Å². The fraction of sp³-hybridized carbons (Fsp3) is 0.559. The standard InChI is InChI=1S/C34H44O16/c1-17-30(49-23(37)12-9-18-5-3-2-4-6-18)31(50-33-27(41)24(38)21(36)15-45-33)29(43)34(47-17)46-16-22-25(39)26(40)28(42)32(48-22)44-14-13-19-7-10-20(35)11-8-19/h2-12,17,21-22,24-36,38-43H,13-16H2,1H3/b12-9+/t17-,21+,22+,24-,25+,26-,27+,28+,29+,30-,31-,32+,33-,34+/m0/s1. The molecule has 2 aromatic carbocycles. The van der Waals surface area contributed by atoms with Gasteiger partial charge in [-0.3, -0.25) is 0 Å². The summed E-state index contributed by atoms with van der Waals surface area (Å²) in [4.78, 5) is 12.8. The predicted molar refractivity (Wildman–Crippen MR) is 169 cm³/mol. The Bertz CT molecular complexity index is 1380. The summed E-state index contributed by atoms with van der Waals surface area (Å²) in [6, 6.07) is 15.4. The van der Waals surface area contributed by atoms with E-state index in [1.54, 1.807) is 36.4 Å². The number of aliphatic hydroxyl groups is 7. The zero-order chi connectivity index (χ0) is 35.9. The molecule has 14 atom stereocenters. The van der Waals surface area contributed by atoms with Gasteiger partial charge in [0.05, 0.1) is 25.9 Å². The maximum atomic E-state index is 12.8. The number of hydrogen-bond donors (Lipinski definition) is 8. The van der Waals surface area contributed by atoms with Gasteiger partial charge in [-0.05, 0) is 42.7 Å². The summed E-state index contributed by atoms with van der Waals surface area (Å²) in [5.74, 6) is -0.705. The van der Waals surface area contributed by atoms with Gasteiger partial charge in [0.25, 0.3) is 0 Å². The van der Waals surface area contributed by atoms with E-state index in [4.69, 9.17) is 33.2 Å². The normalized spacial score (nSPS) is 37.8. The Morgan fingerprint density at radius 3 is 2.18 bits per heavy atom. The van der Waals surface area contributed by atoms with E-state index in [2.05, 4.69) is 0 Å². The lowest BCUT2D eigenvalue weighted by Gasteiger charge is -2.46. The molecular weight excluding hydrogens is 664 g/mol. The third kappa shape index (κ3) is 9.42. The van der Waals surface area contributed by atoms with E-state index in [1.807, 2.05) is 6.07 Å². The smallest absolute Gasteiger partial charge is 0.331 e. The Kier molecular flexibility index (Phi) is 13.3. The molecule has 16 heteroatoms. The number of esters is 1. The molecule has 0 bridgehead atoms. The summed E-state index contributed by atoms with van der Waals surface area (Å²) in [7, 11) is 0. The molecule has 276 valence electrons. The molecule has 50 heavy (non-hydrogen) atoms. The minimum Gasteiger partial charge on any atom is -0.508 e. The van der Waals surface area contributed by atoms with E-state index < -0.39 is 105 Å². The van der Waals surface area contributed by atoms with Gasteiger partial charge in [-0.2, -0.15) is 0 Å². The molecule has 0 spiro atoms. The molecule has 0 aromatic heterocycles. The minimum absolute atomic E-state index is 0.0609. The molecule has 16 nitrogen and oxygen atoms in total. The lowest BCUT2D eigenvalue weighted by atomic mass is 9.98. The highest BCUT2D eigenvalue weighted by Gasteiger charge is 2.51. The highest BCUT2D eigenvalue weighted by Crippen LogP contribution is 2.31. The molecule has 5 rings (SSSR count). The Labute approximate surface area is 287 Å². The van der Waals surface area contributed by atoms with Gasteiger partial charge in [0.1, 0.15) is 60.7 Å². The molecule has 3 aliphatic heterocycles. The van der Waals surface area contributed by atoms with Gasteiger partial charge in [0.15, 0.2) is 25.0 Å². The van der Waals surface area contributed by atoms with Crippen LogP contribution in [0.2, 0.25) is 0 Å². The van der Waals surface area contributed by atoms with Crippen LogP contribution in [0.5, 0.6) is 5.75 Å². The van der Waals surface area contributed by atoms with Crippen LogP contribution in [-0.4, -0.2) is 153 Å². The van der Waals surface area contributed by atoms with Crippen LogP contribution in [-0.2, 0) is 44.4 Å². The number of rotatable bonds is 12. The number of ether oxygens (including phenoxy) is 7. The maximum Gasteiger partial charge on any atom is 0.331 e. The number of aliphatic hydroxyl groups excluding tert-OH is 7. The zero-order valence-corrected chi connectivity index (χ0v) is 27.1. The predicted octanol–water partition coefficient (Wildman–Crippen LogP) is -1.67. The molecule has 0 unspecified atom stereocenters. The highest BCUT2D eigenvalue weighted by atomic mass is 16.7. The van der Waals surface area contributed by atoms with E-state index in [9.17, 15) is 45.6 Å². The molecule has 0 radical (unpaired) electrons. The van der Waals surface area contributed by atoms with Crippen molar-refractivity contribution in [1.82, 2.24) is 0 Å². The van der Waals surface area contributed by atoms with Gasteiger partial charge in [0.2, 0.25) is 0 Å². The molecule has 0 amide bonds. The minimum atomic E-state index is -1.73. The zero-order valence-electron chi connectivity index (χ0n) is 27.1. The topological polar surface area (TPSA) is 244 Å². The number of carbonyl (C=O) groups excluding carboxylic acids is 1. The largest absolute Gasteiger partial charge is 0.508 e. The van der Waals surface area contributed by atoms with E-state index in [0.717, 1.165) is 11.1 Å². The van der Waals surface area contributed by atoms with Crippen LogP contribution in [0.4, 0.5) is 0 Å².